The van der Waals surface area contributed by atoms with Crippen molar-refractivity contribution < 1.29 is 4.92 Å². The summed E-state index contributed by atoms with van der Waals surface area (Å²) in [7, 11) is 0. The summed E-state index contributed by atoms with van der Waals surface area (Å²) >= 11 is 3.17. The van der Waals surface area contributed by atoms with Gasteiger partial charge in [-0.2, -0.15) is 0 Å². The molecule has 2 rings (SSSR count). The third-order valence-electron chi connectivity index (χ3n) is 2.92. The van der Waals surface area contributed by atoms with Gasteiger partial charge in [0.2, 0.25) is 0 Å². The normalized spacial score (nSPS) is 10.3. The second kappa shape index (κ2) is 6.00. The predicted molar refractivity (Wildman–Crippen MR) is 81.8 cm³/mol. The number of hydrogen-bond acceptors (Lipinski definition) is 4. The Morgan fingerprint density at radius 1 is 1.30 bits per heavy atom. The lowest BCUT2D eigenvalue weighted by Gasteiger charge is -2.09. The van der Waals surface area contributed by atoms with Crippen molar-refractivity contribution in [2.45, 2.75) is 20.4 Å². The van der Waals surface area contributed by atoms with Gasteiger partial charge in [-0.25, -0.2) is 0 Å². The standard InChI is InChI=1S/C14H14BrN3O2/c1-9-3-6-13(10(2)17-9)16-8-11-4-5-12(15)14(7-11)18(19)20/h3-7,16H,8H2,1-2H3. The second-order valence-electron chi connectivity index (χ2n) is 4.48. The van der Waals surface area contributed by atoms with Crippen LogP contribution in [0.1, 0.15) is 17.0 Å². The fourth-order valence-corrected chi connectivity index (χ4v) is 2.27. The van der Waals surface area contributed by atoms with E-state index < -0.39 is 4.92 Å². The number of halogens is 1. The number of nitro groups is 1. The first-order chi connectivity index (χ1) is 9.47. The number of aromatic nitrogens is 1. The third kappa shape index (κ3) is 3.33. The molecule has 0 aliphatic heterocycles. The molecule has 20 heavy (non-hydrogen) atoms. The van der Waals surface area contributed by atoms with Gasteiger partial charge >= 0.3 is 0 Å². The van der Waals surface area contributed by atoms with Crippen molar-refractivity contribution >= 4 is 27.3 Å². The number of benzene rings is 1. The Kier molecular flexibility index (Phi) is 4.34. The van der Waals surface area contributed by atoms with E-state index in [2.05, 4.69) is 26.2 Å². The number of anilines is 1. The molecular weight excluding hydrogens is 322 g/mol. The summed E-state index contributed by atoms with van der Waals surface area (Å²) in [6.45, 7) is 4.38. The summed E-state index contributed by atoms with van der Waals surface area (Å²) in [6.07, 6.45) is 0. The van der Waals surface area contributed by atoms with Gasteiger partial charge in [-0.05, 0) is 53.5 Å². The van der Waals surface area contributed by atoms with Crippen LogP contribution in [0.2, 0.25) is 0 Å². The molecule has 0 radical (unpaired) electrons. The van der Waals surface area contributed by atoms with Gasteiger partial charge in [-0.15, -0.1) is 0 Å². The molecule has 0 spiro atoms. The zero-order valence-corrected chi connectivity index (χ0v) is 12.8. The highest BCUT2D eigenvalue weighted by Gasteiger charge is 2.12. The molecule has 0 saturated carbocycles. The number of nitro benzene ring substituents is 1. The molecule has 0 saturated heterocycles. The fraction of sp³-hybridized carbons (Fsp3) is 0.214. The molecule has 0 amide bonds. The highest BCUT2D eigenvalue weighted by molar-refractivity contribution is 9.10. The van der Waals surface area contributed by atoms with Crippen LogP contribution in [-0.4, -0.2) is 9.91 Å². The minimum atomic E-state index is -0.397. The summed E-state index contributed by atoms with van der Waals surface area (Å²) in [4.78, 5) is 14.9. The number of nitrogens with zero attached hydrogens (tertiary/aromatic N) is 2. The maximum Gasteiger partial charge on any atom is 0.283 e. The van der Waals surface area contributed by atoms with Crippen molar-refractivity contribution in [1.82, 2.24) is 4.98 Å². The number of aryl methyl sites for hydroxylation is 2. The van der Waals surface area contributed by atoms with Gasteiger partial charge in [0, 0.05) is 18.3 Å². The van der Waals surface area contributed by atoms with E-state index in [1.165, 1.54) is 0 Å². The highest BCUT2D eigenvalue weighted by atomic mass is 79.9. The molecule has 0 atom stereocenters. The summed E-state index contributed by atoms with van der Waals surface area (Å²) in [5.41, 5.74) is 3.73. The van der Waals surface area contributed by atoms with E-state index in [-0.39, 0.29) is 5.69 Å². The van der Waals surface area contributed by atoms with E-state index in [0.29, 0.717) is 11.0 Å². The first-order valence-electron chi connectivity index (χ1n) is 6.08. The van der Waals surface area contributed by atoms with Gasteiger partial charge in [0.15, 0.2) is 0 Å². The molecule has 1 heterocycles. The quantitative estimate of drug-likeness (QED) is 0.677. The van der Waals surface area contributed by atoms with E-state index in [1.807, 2.05) is 32.0 Å². The average molecular weight is 336 g/mol. The van der Waals surface area contributed by atoms with Crippen molar-refractivity contribution in [3.63, 3.8) is 0 Å². The van der Waals surface area contributed by atoms with Crippen molar-refractivity contribution in [3.8, 4) is 0 Å². The van der Waals surface area contributed by atoms with E-state index in [9.17, 15) is 10.1 Å². The molecule has 1 N–H and O–H groups in total. The van der Waals surface area contributed by atoms with E-state index in [4.69, 9.17) is 0 Å². The summed E-state index contributed by atoms with van der Waals surface area (Å²) in [5.74, 6) is 0. The smallest absolute Gasteiger partial charge is 0.283 e. The van der Waals surface area contributed by atoms with Crippen LogP contribution in [0.3, 0.4) is 0 Å². The van der Waals surface area contributed by atoms with Crippen molar-refractivity contribution in [3.05, 3.63) is 61.9 Å². The number of nitrogens with one attached hydrogen (secondary N) is 1. The van der Waals surface area contributed by atoms with Crippen LogP contribution in [0.25, 0.3) is 0 Å². The van der Waals surface area contributed by atoms with Crippen LogP contribution in [-0.2, 0) is 6.54 Å². The lowest BCUT2D eigenvalue weighted by Crippen LogP contribution is -2.03. The molecule has 0 aliphatic carbocycles. The summed E-state index contributed by atoms with van der Waals surface area (Å²) in [6, 6.07) is 8.99. The molecule has 104 valence electrons. The van der Waals surface area contributed by atoms with Gasteiger partial charge in [0.05, 0.1) is 20.8 Å². The molecule has 0 fully saturated rings. The third-order valence-corrected chi connectivity index (χ3v) is 3.59. The fourth-order valence-electron chi connectivity index (χ4n) is 1.88. The first kappa shape index (κ1) is 14.5. The number of hydrogen-bond donors (Lipinski definition) is 1. The molecule has 6 heteroatoms. The molecule has 2 aromatic rings. The topological polar surface area (TPSA) is 68.1 Å². The van der Waals surface area contributed by atoms with Gasteiger partial charge in [0.1, 0.15) is 0 Å². The molecule has 1 aromatic carbocycles. The van der Waals surface area contributed by atoms with Crippen LogP contribution < -0.4 is 5.32 Å². The Hall–Kier alpha value is -1.95. The lowest BCUT2D eigenvalue weighted by molar-refractivity contribution is -0.385. The van der Waals surface area contributed by atoms with Crippen LogP contribution in [0.15, 0.2) is 34.8 Å². The van der Waals surface area contributed by atoms with Gasteiger partial charge in [0.25, 0.3) is 5.69 Å². The Balaban J connectivity index is 2.15. The zero-order chi connectivity index (χ0) is 14.7. The Labute approximate surface area is 125 Å². The molecule has 0 unspecified atom stereocenters. The molecule has 0 aliphatic rings. The Bertz CT molecular complexity index is 659. The average Bonchev–Trinajstić information content (AvgIpc) is 2.39. The maximum atomic E-state index is 10.9. The molecule has 1 aromatic heterocycles. The van der Waals surface area contributed by atoms with E-state index >= 15 is 0 Å². The minimum absolute atomic E-state index is 0.0723. The Morgan fingerprint density at radius 2 is 2.05 bits per heavy atom. The van der Waals surface area contributed by atoms with Crippen LogP contribution in [0.5, 0.6) is 0 Å². The SMILES string of the molecule is Cc1ccc(NCc2ccc(Br)c([N+](=O)[O-])c2)c(C)n1. The second-order valence-corrected chi connectivity index (χ2v) is 5.34. The van der Waals surface area contributed by atoms with Crippen LogP contribution in [0.4, 0.5) is 11.4 Å². The summed E-state index contributed by atoms with van der Waals surface area (Å²) < 4.78 is 0.486. The van der Waals surface area contributed by atoms with Gasteiger partial charge < -0.3 is 5.32 Å². The van der Waals surface area contributed by atoms with Gasteiger partial charge in [-0.1, -0.05) is 6.07 Å². The van der Waals surface area contributed by atoms with Crippen molar-refractivity contribution in [2.24, 2.45) is 0 Å². The minimum Gasteiger partial charge on any atom is -0.379 e. The lowest BCUT2D eigenvalue weighted by atomic mass is 10.2. The largest absolute Gasteiger partial charge is 0.379 e. The monoisotopic (exact) mass is 335 g/mol. The van der Waals surface area contributed by atoms with Crippen molar-refractivity contribution in [1.29, 1.82) is 0 Å². The Morgan fingerprint density at radius 3 is 2.70 bits per heavy atom. The van der Waals surface area contributed by atoms with E-state index in [0.717, 1.165) is 22.6 Å². The predicted octanol–water partition coefficient (Wildman–Crippen LogP) is 3.98. The number of rotatable bonds is 4. The zero-order valence-electron chi connectivity index (χ0n) is 11.2. The van der Waals surface area contributed by atoms with Gasteiger partial charge in [-0.3, -0.25) is 15.1 Å². The molecule has 5 nitrogen and oxygen atoms in total. The van der Waals surface area contributed by atoms with Crippen molar-refractivity contribution in [2.75, 3.05) is 5.32 Å². The van der Waals surface area contributed by atoms with E-state index in [1.54, 1.807) is 12.1 Å². The maximum absolute atomic E-state index is 10.9. The molecular formula is C14H14BrN3O2. The molecule has 0 bridgehead atoms. The van der Waals surface area contributed by atoms with Crippen LogP contribution >= 0.6 is 15.9 Å². The number of pyridine rings is 1. The highest BCUT2D eigenvalue weighted by Crippen LogP contribution is 2.26. The van der Waals surface area contributed by atoms with Crippen LogP contribution in [0, 0.1) is 24.0 Å². The summed E-state index contributed by atoms with van der Waals surface area (Å²) in [5, 5.41) is 14.1. The first-order valence-corrected chi connectivity index (χ1v) is 6.87.